The number of aromatic nitrogens is 1. The van der Waals surface area contributed by atoms with Crippen molar-refractivity contribution in [1.82, 2.24) is 15.2 Å². The zero-order valence-electron chi connectivity index (χ0n) is 9.90. The molecule has 0 radical (unpaired) electrons. The number of hydrogen-bond acceptors (Lipinski definition) is 4. The number of hydrogen-bond donors (Lipinski definition) is 1. The van der Waals surface area contributed by atoms with E-state index in [1.807, 2.05) is 0 Å². The first-order valence-corrected chi connectivity index (χ1v) is 6.46. The molecule has 0 spiro atoms. The largest absolute Gasteiger partial charge is 0.316 e. The molecule has 1 atom stereocenters. The van der Waals surface area contributed by atoms with Crippen LogP contribution in [0.4, 0.5) is 0 Å². The molecule has 1 unspecified atom stereocenters. The van der Waals surface area contributed by atoms with Crippen molar-refractivity contribution in [2.45, 2.75) is 32.4 Å². The molecular weight excluding hydrogens is 242 g/mol. The van der Waals surface area contributed by atoms with Crippen LogP contribution in [0.3, 0.4) is 0 Å². The second kappa shape index (κ2) is 6.55. The summed E-state index contributed by atoms with van der Waals surface area (Å²) in [6.45, 7) is 5.46. The van der Waals surface area contributed by atoms with Gasteiger partial charge in [0.25, 0.3) is 0 Å². The number of likely N-dealkylation sites (N-methyl/N-ethyl adjacent to an activating group) is 1. The molecule has 0 aromatic carbocycles. The van der Waals surface area contributed by atoms with Gasteiger partial charge in [0.15, 0.2) is 0 Å². The molecule has 3 nitrogen and oxygen atoms in total. The summed E-state index contributed by atoms with van der Waals surface area (Å²) in [4.78, 5) is 7.01. The van der Waals surface area contributed by atoms with E-state index in [9.17, 15) is 0 Å². The van der Waals surface area contributed by atoms with Crippen molar-refractivity contribution in [3.63, 3.8) is 0 Å². The summed E-state index contributed by atoms with van der Waals surface area (Å²) in [6.07, 6.45) is 2.61. The molecule has 5 heteroatoms. The fraction of sp³-hybridized carbons (Fsp3) is 0.727. The van der Waals surface area contributed by atoms with E-state index in [0.29, 0.717) is 6.04 Å². The van der Waals surface area contributed by atoms with Gasteiger partial charge in [0, 0.05) is 24.5 Å². The molecule has 0 saturated carbocycles. The first-order valence-electron chi connectivity index (χ1n) is 5.58. The zero-order valence-corrected chi connectivity index (χ0v) is 11.5. The number of halogens is 1. The first-order chi connectivity index (χ1) is 7.28. The van der Waals surface area contributed by atoms with Crippen molar-refractivity contribution < 1.29 is 0 Å². The quantitative estimate of drug-likeness (QED) is 0.903. The number of likely N-dealkylation sites (tertiary alicyclic amines) is 1. The SMILES string of the molecule is CNC1CCCN(Cc2csc(C)n2)C1.Cl. The Balaban J connectivity index is 0.00000128. The summed E-state index contributed by atoms with van der Waals surface area (Å²) in [7, 11) is 2.06. The predicted molar refractivity (Wildman–Crippen MR) is 71.5 cm³/mol. The highest BCUT2D eigenvalue weighted by Crippen LogP contribution is 2.15. The minimum atomic E-state index is 0. The third-order valence-corrected chi connectivity index (χ3v) is 3.79. The number of thiazole rings is 1. The summed E-state index contributed by atoms with van der Waals surface area (Å²) in [5.74, 6) is 0. The molecule has 0 amide bonds. The number of piperidine rings is 1. The van der Waals surface area contributed by atoms with Crippen LogP contribution in [-0.2, 0) is 6.54 Å². The highest BCUT2D eigenvalue weighted by atomic mass is 35.5. The molecule has 1 aromatic rings. The van der Waals surface area contributed by atoms with Gasteiger partial charge in [0.2, 0.25) is 0 Å². The summed E-state index contributed by atoms with van der Waals surface area (Å²) < 4.78 is 0. The van der Waals surface area contributed by atoms with Gasteiger partial charge < -0.3 is 5.32 Å². The molecule has 1 aliphatic heterocycles. The predicted octanol–water partition coefficient (Wildman–Crippen LogP) is 2.06. The van der Waals surface area contributed by atoms with E-state index >= 15 is 0 Å². The maximum absolute atomic E-state index is 4.51. The average Bonchev–Trinajstić information content (AvgIpc) is 2.64. The Hall–Kier alpha value is -0.160. The van der Waals surface area contributed by atoms with Crippen LogP contribution in [0.1, 0.15) is 23.5 Å². The van der Waals surface area contributed by atoms with E-state index in [0.717, 1.165) is 13.1 Å². The van der Waals surface area contributed by atoms with E-state index in [-0.39, 0.29) is 12.4 Å². The minimum Gasteiger partial charge on any atom is -0.316 e. The molecule has 0 aliphatic carbocycles. The molecule has 1 fully saturated rings. The van der Waals surface area contributed by atoms with Crippen LogP contribution >= 0.6 is 23.7 Å². The van der Waals surface area contributed by atoms with Gasteiger partial charge in [-0.25, -0.2) is 4.98 Å². The van der Waals surface area contributed by atoms with E-state index in [2.05, 4.69) is 34.6 Å². The highest BCUT2D eigenvalue weighted by molar-refractivity contribution is 7.09. The van der Waals surface area contributed by atoms with E-state index < -0.39 is 0 Å². The Morgan fingerprint density at radius 3 is 3.06 bits per heavy atom. The van der Waals surface area contributed by atoms with Gasteiger partial charge in [-0.05, 0) is 33.4 Å². The standard InChI is InChI=1S/C11H19N3S.ClH/c1-9-13-11(8-15-9)7-14-5-3-4-10(6-14)12-2;/h8,10,12H,3-7H2,1-2H3;1H. The molecule has 16 heavy (non-hydrogen) atoms. The molecule has 1 saturated heterocycles. The molecule has 1 aliphatic rings. The van der Waals surface area contributed by atoms with Crippen molar-refractivity contribution in [2.75, 3.05) is 20.1 Å². The van der Waals surface area contributed by atoms with Crippen LogP contribution in [0.2, 0.25) is 0 Å². The van der Waals surface area contributed by atoms with Crippen molar-refractivity contribution in [2.24, 2.45) is 0 Å². The Bertz CT molecular complexity index is 316. The third kappa shape index (κ3) is 3.70. The van der Waals surface area contributed by atoms with Crippen LogP contribution in [0.15, 0.2) is 5.38 Å². The Labute approximate surface area is 108 Å². The number of nitrogens with zero attached hydrogens (tertiary/aromatic N) is 2. The maximum atomic E-state index is 4.51. The first kappa shape index (κ1) is 13.9. The van der Waals surface area contributed by atoms with Gasteiger partial charge in [-0.15, -0.1) is 23.7 Å². The molecule has 2 rings (SSSR count). The number of aryl methyl sites for hydroxylation is 1. The molecule has 1 N–H and O–H groups in total. The van der Waals surface area contributed by atoms with Gasteiger partial charge >= 0.3 is 0 Å². The average molecular weight is 262 g/mol. The van der Waals surface area contributed by atoms with E-state index in [1.54, 1.807) is 11.3 Å². The molecule has 92 valence electrons. The normalized spacial score (nSPS) is 21.8. The van der Waals surface area contributed by atoms with Crippen molar-refractivity contribution in [3.8, 4) is 0 Å². The molecular formula is C11H20ClN3S. The highest BCUT2D eigenvalue weighted by Gasteiger charge is 2.18. The van der Waals surface area contributed by atoms with Crippen molar-refractivity contribution in [3.05, 3.63) is 16.1 Å². The van der Waals surface area contributed by atoms with Gasteiger partial charge in [-0.3, -0.25) is 4.90 Å². The maximum Gasteiger partial charge on any atom is 0.0897 e. The summed E-state index contributed by atoms with van der Waals surface area (Å²) >= 11 is 1.75. The molecule has 1 aromatic heterocycles. The Morgan fingerprint density at radius 2 is 2.44 bits per heavy atom. The van der Waals surface area contributed by atoms with Gasteiger partial charge in [-0.2, -0.15) is 0 Å². The van der Waals surface area contributed by atoms with Crippen molar-refractivity contribution >= 4 is 23.7 Å². The van der Waals surface area contributed by atoms with Crippen LogP contribution in [-0.4, -0.2) is 36.1 Å². The number of nitrogens with one attached hydrogen (secondary N) is 1. The lowest BCUT2D eigenvalue weighted by Gasteiger charge is -2.31. The fourth-order valence-corrected chi connectivity index (χ4v) is 2.75. The van der Waals surface area contributed by atoms with Crippen LogP contribution in [0.25, 0.3) is 0 Å². The monoisotopic (exact) mass is 261 g/mol. The lowest BCUT2D eigenvalue weighted by atomic mass is 10.1. The van der Waals surface area contributed by atoms with Gasteiger partial charge in [0.1, 0.15) is 0 Å². The van der Waals surface area contributed by atoms with Crippen LogP contribution < -0.4 is 5.32 Å². The van der Waals surface area contributed by atoms with Crippen LogP contribution in [0, 0.1) is 6.92 Å². The van der Waals surface area contributed by atoms with E-state index in [4.69, 9.17) is 0 Å². The topological polar surface area (TPSA) is 28.2 Å². The summed E-state index contributed by atoms with van der Waals surface area (Å²) in [6, 6.07) is 0.665. The molecule has 0 bridgehead atoms. The van der Waals surface area contributed by atoms with Gasteiger partial charge in [0.05, 0.1) is 10.7 Å². The second-order valence-corrected chi connectivity index (χ2v) is 5.28. The second-order valence-electron chi connectivity index (χ2n) is 4.22. The molecule has 2 heterocycles. The summed E-state index contributed by atoms with van der Waals surface area (Å²) in [5.41, 5.74) is 1.23. The van der Waals surface area contributed by atoms with Crippen LogP contribution in [0.5, 0.6) is 0 Å². The zero-order chi connectivity index (χ0) is 10.7. The third-order valence-electron chi connectivity index (χ3n) is 2.97. The smallest absolute Gasteiger partial charge is 0.0897 e. The van der Waals surface area contributed by atoms with Gasteiger partial charge in [-0.1, -0.05) is 0 Å². The van der Waals surface area contributed by atoms with Crippen molar-refractivity contribution in [1.29, 1.82) is 0 Å². The fourth-order valence-electron chi connectivity index (χ4n) is 2.14. The van der Waals surface area contributed by atoms with E-state index in [1.165, 1.54) is 30.1 Å². The minimum absolute atomic E-state index is 0. The Kier molecular flexibility index (Phi) is 5.69. The lowest BCUT2D eigenvalue weighted by Crippen LogP contribution is -2.43. The summed E-state index contributed by atoms with van der Waals surface area (Å²) in [5, 5.41) is 6.72. The lowest BCUT2D eigenvalue weighted by molar-refractivity contribution is 0.186. The Morgan fingerprint density at radius 1 is 1.62 bits per heavy atom. The number of rotatable bonds is 3.